The van der Waals surface area contributed by atoms with Crippen molar-refractivity contribution in [1.82, 2.24) is 5.32 Å². The average molecular weight is 226 g/mol. The summed E-state index contributed by atoms with van der Waals surface area (Å²) in [5.41, 5.74) is 4.41. The van der Waals surface area contributed by atoms with E-state index in [2.05, 4.69) is 37.4 Å². The second kappa shape index (κ2) is 5.53. The Labute approximate surface area is 98.7 Å². The third-order valence-electron chi connectivity index (χ3n) is 3.20. The van der Waals surface area contributed by atoms with E-state index >= 15 is 0 Å². The standard InChI is InChI=1S/C13H19N.ClH/c1-10-3-4-13(11(2)9-10)12-5-7-14-8-6-12;/h3-4,9,12,14H,5-8H2,1-2H3;1H. The predicted octanol–water partition coefficient (Wildman–Crippen LogP) is 3.19. The smallest absolute Gasteiger partial charge is 0.00431 e. The van der Waals surface area contributed by atoms with Crippen molar-refractivity contribution in [3.63, 3.8) is 0 Å². The molecule has 0 radical (unpaired) electrons. The van der Waals surface area contributed by atoms with Gasteiger partial charge in [0, 0.05) is 0 Å². The summed E-state index contributed by atoms with van der Waals surface area (Å²) < 4.78 is 0. The number of rotatable bonds is 1. The number of nitrogens with one attached hydrogen (secondary N) is 1. The van der Waals surface area contributed by atoms with Crippen molar-refractivity contribution in [1.29, 1.82) is 0 Å². The third-order valence-corrected chi connectivity index (χ3v) is 3.20. The van der Waals surface area contributed by atoms with Gasteiger partial charge in [0.25, 0.3) is 0 Å². The van der Waals surface area contributed by atoms with Gasteiger partial charge < -0.3 is 5.32 Å². The minimum atomic E-state index is 0. The van der Waals surface area contributed by atoms with Crippen molar-refractivity contribution < 1.29 is 0 Å². The zero-order valence-electron chi connectivity index (χ0n) is 9.55. The van der Waals surface area contributed by atoms with Crippen LogP contribution in [-0.4, -0.2) is 13.1 Å². The van der Waals surface area contributed by atoms with E-state index in [9.17, 15) is 0 Å². The van der Waals surface area contributed by atoms with Gasteiger partial charge in [-0.15, -0.1) is 12.4 Å². The molecule has 1 fully saturated rings. The Kier molecular flexibility index (Phi) is 4.62. The molecule has 0 saturated carbocycles. The number of aryl methyl sites for hydroxylation is 2. The van der Waals surface area contributed by atoms with E-state index in [1.807, 2.05) is 0 Å². The number of halogens is 1. The highest BCUT2D eigenvalue weighted by atomic mass is 35.5. The van der Waals surface area contributed by atoms with Gasteiger partial charge in [0.15, 0.2) is 0 Å². The van der Waals surface area contributed by atoms with E-state index in [-0.39, 0.29) is 12.4 Å². The molecule has 0 spiro atoms. The normalized spacial score (nSPS) is 17.2. The van der Waals surface area contributed by atoms with Crippen LogP contribution in [0, 0.1) is 13.8 Å². The molecule has 2 heteroatoms. The molecule has 0 aliphatic carbocycles. The Morgan fingerprint density at radius 1 is 1.13 bits per heavy atom. The second-order valence-corrected chi connectivity index (χ2v) is 4.38. The molecule has 15 heavy (non-hydrogen) atoms. The molecule has 1 aliphatic heterocycles. The highest BCUT2D eigenvalue weighted by molar-refractivity contribution is 5.85. The monoisotopic (exact) mass is 225 g/mol. The first kappa shape index (κ1) is 12.5. The summed E-state index contributed by atoms with van der Waals surface area (Å²) in [6.07, 6.45) is 2.59. The molecule has 0 aromatic heterocycles. The molecule has 1 saturated heterocycles. The van der Waals surface area contributed by atoms with E-state index in [1.165, 1.54) is 37.1 Å². The van der Waals surface area contributed by atoms with Gasteiger partial charge in [-0.1, -0.05) is 23.8 Å². The van der Waals surface area contributed by atoms with Crippen molar-refractivity contribution in [2.24, 2.45) is 0 Å². The molecule has 0 bridgehead atoms. The van der Waals surface area contributed by atoms with Crippen LogP contribution < -0.4 is 5.32 Å². The van der Waals surface area contributed by atoms with E-state index in [0.29, 0.717) is 0 Å². The fraction of sp³-hybridized carbons (Fsp3) is 0.538. The molecular formula is C13H20ClN. The maximum absolute atomic E-state index is 3.42. The summed E-state index contributed by atoms with van der Waals surface area (Å²) in [6, 6.07) is 6.86. The van der Waals surface area contributed by atoms with Gasteiger partial charge in [0.05, 0.1) is 0 Å². The van der Waals surface area contributed by atoms with Crippen molar-refractivity contribution >= 4 is 12.4 Å². The van der Waals surface area contributed by atoms with E-state index in [0.717, 1.165) is 5.92 Å². The van der Waals surface area contributed by atoms with Crippen LogP contribution in [0.1, 0.15) is 35.4 Å². The Hall–Kier alpha value is -0.530. The van der Waals surface area contributed by atoms with E-state index < -0.39 is 0 Å². The molecule has 0 unspecified atom stereocenters. The lowest BCUT2D eigenvalue weighted by Crippen LogP contribution is -2.26. The van der Waals surface area contributed by atoms with Gasteiger partial charge in [0.2, 0.25) is 0 Å². The van der Waals surface area contributed by atoms with Gasteiger partial charge in [-0.05, 0) is 56.8 Å². The molecule has 1 aliphatic rings. The van der Waals surface area contributed by atoms with Crippen LogP contribution in [0.5, 0.6) is 0 Å². The summed E-state index contributed by atoms with van der Waals surface area (Å²) in [5.74, 6) is 0.789. The van der Waals surface area contributed by atoms with Crippen LogP contribution in [0.4, 0.5) is 0 Å². The van der Waals surface area contributed by atoms with Gasteiger partial charge >= 0.3 is 0 Å². The zero-order chi connectivity index (χ0) is 9.97. The first-order valence-electron chi connectivity index (χ1n) is 5.55. The largest absolute Gasteiger partial charge is 0.317 e. The number of benzene rings is 1. The molecule has 1 aromatic carbocycles. The molecule has 1 aromatic rings. The fourth-order valence-corrected chi connectivity index (χ4v) is 2.42. The zero-order valence-corrected chi connectivity index (χ0v) is 10.4. The summed E-state index contributed by atoms with van der Waals surface area (Å²) in [7, 11) is 0. The number of piperidine rings is 1. The lowest BCUT2D eigenvalue weighted by molar-refractivity contribution is 0.459. The van der Waals surface area contributed by atoms with E-state index in [4.69, 9.17) is 0 Å². The first-order chi connectivity index (χ1) is 6.77. The van der Waals surface area contributed by atoms with Crippen molar-refractivity contribution in [2.75, 3.05) is 13.1 Å². The van der Waals surface area contributed by atoms with Gasteiger partial charge in [0.1, 0.15) is 0 Å². The minimum Gasteiger partial charge on any atom is -0.317 e. The molecule has 0 amide bonds. The third kappa shape index (κ3) is 2.96. The second-order valence-electron chi connectivity index (χ2n) is 4.38. The highest BCUT2D eigenvalue weighted by Crippen LogP contribution is 2.28. The maximum Gasteiger partial charge on any atom is -0.00431 e. The van der Waals surface area contributed by atoms with Crippen molar-refractivity contribution in [3.05, 3.63) is 34.9 Å². The molecule has 1 heterocycles. The Morgan fingerprint density at radius 3 is 2.40 bits per heavy atom. The SMILES string of the molecule is Cc1ccc(C2CCNCC2)c(C)c1.Cl. The quantitative estimate of drug-likeness (QED) is 0.774. The fourth-order valence-electron chi connectivity index (χ4n) is 2.42. The lowest BCUT2D eigenvalue weighted by atomic mass is 9.87. The first-order valence-corrected chi connectivity index (χ1v) is 5.55. The van der Waals surface area contributed by atoms with Crippen LogP contribution in [-0.2, 0) is 0 Å². The predicted molar refractivity (Wildman–Crippen MR) is 68.0 cm³/mol. The molecule has 1 nitrogen and oxygen atoms in total. The Morgan fingerprint density at radius 2 is 1.80 bits per heavy atom. The summed E-state index contributed by atoms with van der Waals surface area (Å²) >= 11 is 0. The molecular weight excluding hydrogens is 206 g/mol. The maximum atomic E-state index is 3.42. The van der Waals surface area contributed by atoms with Crippen LogP contribution in [0.3, 0.4) is 0 Å². The van der Waals surface area contributed by atoms with Gasteiger partial charge in [-0.2, -0.15) is 0 Å². The average Bonchev–Trinajstić information content (AvgIpc) is 2.19. The number of hydrogen-bond donors (Lipinski definition) is 1. The Bertz CT molecular complexity index is 316. The highest BCUT2D eigenvalue weighted by Gasteiger charge is 2.16. The summed E-state index contributed by atoms with van der Waals surface area (Å²) in [5, 5.41) is 3.42. The number of hydrogen-bond acceptors (Lipinski definition) is 1. The molecule has 84 valence electrons. The van der Waals surface area contributed by atoms with Crippen molar-refractivity contribution in [3.8, 4) is 0 Å². The van der Waals surface area contributed by atoms with Crippen LogP contribution in [0.2, 0.25) is 0 Å². The topological polar surface area (TPSA) is 12.0 Å². The van der Waals surface area contributed by atoms with Gasteiger partial charge in [-0.25, -0.2) is 0 Å². The Balaban J connectivity index is 0.00000112. The van der Waals surface area contributed by atoms with E-state index in [1.54, 1.807) is 5.56 Å². The van der Waals surface area contributed by atoms with Crippen LogP contribution in [0.25, 0.3) is 0 Å². The van der Waals surface area contributed by atoms with Gasteiger partial charge in [-0.3, -0.25) is 0 Å². The molecule has 1 N–H and O–H groups in total. The van der Waals surface area contributed by atoms with Crippen LogP contribution in [0.15, 0.2) is 18.2 Å². The molecule has 2 rings (SSSR count). The minimum absolute atomic E-state index is 0. The summed E-state index contributed by atoms with van der Waals surface area (Å²) in [4.78, 5) is 0. The summed E-state index contributed by atoms with van der Waals surface area (Å²) in [6.45, 7) is 6.76. The lowest BCUT2D eigenvalue weighted by Gasteiger charge is -2.24. The van der Waals surface area contributed by atoms with Crippen LogP contribution >= 0.6 is 12.4 Å². The van der Waals surface area contributed by atoms with Crippen molar-refractivity contribution in [2.45, 2.75) is 32.6 Å². The molecule has 0 atom stereocenters.